The van der Waals surface area contributed by atoms with Crippen molar-refractivity contribution in [1.82, 2.24) is 4.31 Å². The summed E-state index contributed by atoms with van der Waals surface area (Å²) < 4.78 is 63.2. The third-order valence-electron chi connectivity index (χ3n) is 3.06. The number of hydrogen-bond donors (Lipinski definition) is 1. The van der Waals surface area contributed by atoms with E-state index in [0.29, 0.717) is 18.6 Å². The van der Waals surface area contributed by atoms with Crippen LogP contribution in [0.25, 0.3) is 0 Å². The highest BCUT2D eigenvalue weighted by Gasteiger charge is 2.35. The summed E-state index contributed by atoms with van der Waals surface area (Å²) in [5, 5.41) is -0.444. The average Bonchev–Trinajstić information content (AvgIpc) is 2.75. The predicted molar refractivity (Wildman–Crippen MR) is 67.8 cm³/mol. The van der Waals surface area contributed by atoms with Crippen LogP contribution in [0.15, 0.2) is 23.1 Å². The van der Waals surface area contributed by atoms with Gasteiger partial charge in [0.15, 0.2) is 0 Å². The fourth-order valence-electron chi connectivity index (χ4n) is 2.00. The van der Waals surface area contributed by atoms with Gasteiger partial charge in [0.1, 0.15) is 4.90 Å². The van der Waals surface area contributed by atoms with Crippen molar-refractivity contribution >= 4 is 21.6 Å². The second kappa shape index (κ2) is 5.18. The third-order valence-corrected chi connectivity index (χ3v) is 5.41. The summed E-state index contributed by atoms with van der Waals surface area (Å²) in [6.07, 6.45) is -4.06. The van der Waals surface area contributed by atoms with Gasteiger partial charge in [-0.25, -0.2) is 8.42 Å². The molecule has 112 valence electrons. The van der Waals surface area contributed by atoms with E-state index in [1.807, 2.05) is 0 Å². The van der Waals surface area contributed by atoms with Crippen LogP contribution >= 0.6 is 11.6 Å². The van der Waals surface area contributed by atoms with Gasteiger partial charge in [0.2, 0.25) is 10.0 Å². The van der Waals surface area contributed by atoms with Crippen LogP contribution in [0.2, 0.25) is 5.02 Å². The smallest absolute Gasteiger partial charge is 0.326 e. The minimum atomic E-state index is -4.57. The lowest BCUT2D eigenvalue weighted by molar-refractivity contribution is -0.137. The van der Waals surface area contributed by atoms with E-state index >= 15 is 0 Å². The van der Waals surface area contributed by atoms with E-state index in [9.17, 15) is 21.6 Å². The monoisotopic (exact) mass is 328 g/mol. The maximum absolute atomic E-state index is 12.5. The van der Waals surface area contributed by atoms with Crippen molar-refractivity contribution in [1.29, 1.82) is 0 Å². The topological polar surface area (TPSA) is 63.4 Å². The highest BCUT2D eigenvalue weighted by Crippen LogP contribution is 2.34. The van der Waals surface area contributed by atoms with E-state index in [-0.39, 0.29) is 24.0 Å². The van der Waals surface area contributed by atoms with Crippen molar-refractivity contribution in [2.75, 3.05) is 13.1 Å². The van der Waals surface area contributed by atoms with Gasteiger partial charge in [-0.1, -0.05) is 11.6 Å². The number of benzene rings is 1. The van der Waals surface area contributed by atoms with E-state index in [0.717, 1.165) is 10.4 Å². The van der Waals surface area contributed by atoms with E-state index in [1.54, 1.807) is 0 Å². The van der Waals surface area contributed by atoms with E-state index < -0.39 is 26.8 Å². The van der Waals surface area contributed by atoms with Gasteiger partial charge in [-0.3, -0.25) is 0 Å². The summed E-state index contributed by atoms with van der Waals surface area (Å²) in [6.45, 7) is 0.376. The number of nitrogens with two attached hydrogens (primary N) is 1. The molecular weight excluding hydrogens is 317 g/mol. The first kappa shape index (κ1) is 15.6. The van der Waals surface area contributed by atoms with Crippen molar-refractivity contribution in [3.63, 3.8) is 0 Å². The van der Waals surface area contributed by atoms with Crippen molar-refractivity contribution in [2.45, 2.75) is 23.5 Å². The Morgan fingerprint density at radius 1 is 1.35 bits per heavy atom. The molecule has 2 rings (SSSR count). The van der Waals surface area contributed by atoms with Crippen LogP contribution in [0, 0.1) is 0 Å². The Hall–Kier alpha value is -0.830. The largest absolute Gasteiger partial charge is 0.416 e. The summed E-state index contributed by atoms with van der Waals surface area (Å²) >= 11 is 5.70. The lowest BCUT2D eigenvalue weighted by atomic mass is 10.2. The summed E-state index contributed by atoms with van der Waals surface area (Å²) in [5.74, 6) is 0. The van der Waals surface area contributed by atoms with Crippen molar-refractivity contribution in [2.24, 2.45) is 5.73 Å². The molecule has 1 fully saturated rings. The Kier molecular flexibility index (Phi) is 4.03. The molecule has 1 aromatic carbocycles. The van der Waals surface area contributed by atoms with Crippen LogP contribution in [0.5, 0.6) is 0 Å². The standard InChI is InChI=1S/C11H12ClF3N2O2S/c12-9-5-7(11(13,14)15)1-2-10(9)20(18,19)17-4-3-8(16)6-17/h1-2,5,8H,3-4,6,16H2/t8-/m1/s1. The number of halogens is 4. The number of nitrogens with zero attached hydrogens (tertiary/aromatic N) is 1. The van der Waals surface area contributed by atoms with Gasteiger partial charge < -0.3 is 5.73 Å². The molecule has 0 unspecified atom stereocenters. The van der Waals surface area contributed by atoms with Crippen LogP contribution < -0.4 is 5.73 Å². The molecule has 1 aliphatic rings. The van der Waals surface area contributed by atoms with Crippen LogP contribution in [0.1, 0.15) is 12.0 Å². The molecule has 0 saturated carbocycles. The molecule has 4 nitrogen and oxygen atoms in total. The molecule has 1 atom stereocenters. The highest BCUT2D eigenvalue weighted by molar-refractivity contribution is 7.89. The second-order valence-electron chi connectivity index (χ2n) is 4.55. The van der Waals surface area contributed by atoms with Crippen LogP contribution in [0.3, 0.4) is 0 Å². The SMILES string of the molecule is N[C@@H]1CCN(S(=O)(=O)c2ccc(C(F)(F)F)cc2Cl)C1. The fourth-order valence-corrected chi connectivity index (χ4v) is 4.03. The Balaban J connectivity index is 2.38. The quantitative estimate of drug-likeness (QED) is 0.904. The molecule has 1 aliphatic heterocycles. The Bertz CT molecular complexity index is 619. The maximum Gasteiger partial charge on any atom is 0.416 e. The second-order valence-corrected chi connectivity index (χ2v) is 6.87. The minimum Gasteiger partial charge on any atom is -0.326 e. The van der Waals surface area contributed by atoms with E-state index in [4.69, 9.17) is 17.3 Å². The Morgan fingerprint density at radius 3 is 2.45 bits per heavy atom. The Labute approximate surface area is 119 Å². The lowest BCUT2D eigenvalue weighted by Crippen LogP contribution is -2.32. The van der Waals surface area contributed by atoms with Gasteiger partial charge in [0.25, 0.3) is 0 Å². The highest BCUT2D eigenvalue weighted by atomic mass is 35.5. The van der Waals surface area contributed by atoms with Crippen LogP contribution in [-0.2, 0) is 16.2 Å². The molecule has 0 aliphatic carbocycles. The van der Waals surface area contributed by atoms with E-state index in [1.165, 1.54) is 0 Å². The fraction of sp³-hybridized carbons (Fsp3) is 0.455. The van der Waals surface area contributed by atoms with Crippen molar-refractivity contribution in [3.8, 4) is 0 Å². The molecule has 1 aromatic rings. The molecule has 0 spiro atoms. The number of alkyl halides is 3. The predicted octanol–water partition coefficient (Wildman–Crippen LogP) is 2.08. The van der Waals surface area contributed by atoms with Gasteiger partial charge in [0.05, 0.1) is 10.6 Å². The van der Waals surface area contributed by atoms with Crippen LogP contribution in [0.4, 0.5) is 13.2 Å². The molecule has 9 heteroatoms. The van der Waals surface area contributed by atoms with Crippen LogP contribution in [-0.4, -0.2) is 31.9 Å². The molecule has 1 saturated heterocycles. The van der Waals surface area contributed by atoms with Gasteiger partial charge in [-0.2, -0.15) is 17.5 Å². The molecule has 0 radical (unpaired) electrons. The average molecular weight is 329 g/mol. The molecule has 0 amide bonds. The number of rotatable bonds is 2. The van der Waals surface area contributed by atoms with Gasteiger partial charge in [-0.05, 0) is 24.6 Å². The zero-order valence-electron chi connectivity index (χ0n) is 10.2. The summed E-state index contributed by atoms with van der Waals surface area (Å²) in [7, 11) is -3.91. The zero-order chi connectivity index (χ0) is 15.1. The minimum absolute atomic E-state index is 0.139. The molecule has 2 N–H and O–H groups in total. The van der Waals surface area contributed by atoms with Crippen molar-refractivity contribution < 1.29 is 21.6 Å². The first-order chi connectivity index (χ1) is 9.12. The third kappa shape index (κ3) is 2.93. The molecule has 0 aromatic heterocycles. The number of sulfonamides is 1. The van der Waals surface area contributed by atoms with Crippen molar-refractivity contribution in [3.05, 3.63) is 28.8 Å². The maximum atomic E-state index is 12.5. The first-order valence-corrected chi connectivity index (χ1v) is 7.56. The molecule has 1 heterocycles. The zero-order valence-corrected chi connectivity index (χ0v) is 11.8. The summed E-state index contributed by atoms with van der Waals surface area (Å²) in [6, 6.07) is 1.93. The number of hydrogen-bond acceptors (Lipinski definition) is 3. The summed E-state index contributed by atoms with van der Waals surface area (Å²) in [4.78, 5) is -0.332. The molecule has 0 bridgehead atoms. The van der Waals surface area contributed by atoms with Gasteiger partial charge >= 0.3 is 6.18 Å². The molecular formula is C11H12ClF3N2O2S. The Morgan fingerprint density at radius 2 is 2.00 bits per heavy atom. The van der Waals surface area contributed by atoms with E-state index in [2.05, 4.69) is 0 Å². The van der Waals surface area contributed by atoms with Gasteiger partial charge in [-0.15, -0.1) is 0 Å². The first-order valence-electron chi connectivity index (χ1n) is 5.75. The lowest BCUT2D eigenvalue weighted by Gasteiger charge is -2.17. The normalized spacial score (nSPS) is 21.4. The summed E-state index contributed by atoms with van der Waals surface area (Å²) in [5.41, 5.74) is 4.64. The molecule has 20 heavy (non-hydrogen) atoms. The van der Waals surface area contributed by atoms with Gasteiger partial charge in [0, 0.05) is 19.1 Å².